The first-order chi connectivity index (χ1) is 8.90. The maximum atomic E-state index is 11.3. The standard InChI is InChI=1S/C11H5Cl3N2O3/c12-7-3-9(14)8(13)2-6(7)5-1-10(16(18)19)11(17)15-4-5/h1-4H,(H,15,17). The Morgan fingerprint density at radius 3 is 2.32 bits per heavy atom. The highest BCUT2D eigenvalue weighted by Gasteiger charge is 2.16. The molecule has 1 N–H and O–H groups in total. The van der Waals surface area contributed by atoms with Gasteiger partial charge in [-0.1, -0.05) is 34.8 Å². The summed E-state index contributed by atoms with van der Waals surface area (Å²) < 4.78 is 0. The first kappa shape index (κ1) is 13.9. The second-order valence-electron chi connectivity index (χ2n) is 3.61. The highest BCUT2D eigenvalue weighted by molar-refractivity contribution is 6.44. The molecule has 8 heteroatoms. The molecule has 0 fully saturated rings. The fourth-order valence-electron chi connectivity index (χ4n) is 1.51. The van der Waals surface area contributed by atoms with Gasteiger partial charge >= 0.3 is 11.2 Å². The van der Waals surface area contributed by atoms with E-state index in [4.69, 9.17) is 34.8 Å². The van der Waals surface area contributed by atoms with Crippen LogP contribution in [-0.2, 0) is 0 Å². The fourth-order valence-corrected chi connectivity index (χ4v) is 2.16. The summed E-state index contributed by atoms with van der Waals surface area (Å²) in [5.74, 6) is 0. The molecule has 2 rings (SSSR count). The third-order valence-corrected chi connectivity index (χ3v) is 3.44. The summed E-state index contributed by atoms with van der Waals surface area (Å²) in [7, 11) is 0. The van der Waals surface area contributed by atoms with Gasteiger partial charge < -0.3 is 4.98 Å². The quantitative estimate of drug-likeness (QED) is 0.518. The number of benzene rings is 1. The highest BCUT2D eigenvalue weighted by atomic mass is 35.5. The Bertz CT molecular complexity index is 728. The van der Waals surface area contributed by atoms with Crippen LogP contribution in [0.15, 0.2) is 29.2 Å². The molecule has 0 aliphatic rings. The van der Waals surface area contributed by atoms with E-state index >= 15 is 0 Å². The minimum absolute atomic E-state index is 0.259. The van der Waals surface area contributed by atoms with Crippen molar-refractivity contribution in [3.05, 3.63) is 59.9 Å². The average Bonchev–Trinajstić information content (AvgIpc) is 2.34. The largest absolute Gasteiger partial charge is 0.334 e. The Labute approximate surface area is 121 Å². The average molecular weight is 320 g/mol. The molecule has 19 heavy (non-hydrogen) atoms. The SMILES string of the molecule is O=c1[nH]cc(-c2cc(Cl)c(Cl)cc2Cl)cc1[N+](=O)[O-]. The summed E-state index contributed by atoms with van der Waals surface area (Å²) in [5.41, 5.74) is -0.546. The lowest BCUT2D eigenvalue weighted by Gasteiger charge is -2.06. The normalized spacial score (nSPS) is 10.5. The maximum absolute atomic E-state index is 11.3. The lowest BCUT2D eigenvalue weighted by molar-refractivity contribution is -0.386. The smallest absolute Gasteiger partial charge is 0.323 e. The molecule has 0 saturated carbocycles. The molecule has 0 radical (unpaired) electrons. The highest BCUT2D eigenvalue weighted by Crippen LogP contribution is 2.35. The topological polar surface area (TPSA) is 76.0 Å². The summed E-state index contributed by atoms with van der Waals surface area (Å²) in [6.07, 6.45) is 1.32. The van der Waals surface area contributed by atoms with Gasteiger partial charge in [0.2, 0.25) is 0 Å². The van der Waals surface area contributed by atoms with Gasteiger partial charge in [0.1, 0.15) is 0 Å². The molecule has 5 nitrogen and oxygen atoms in total. The molecule has 0 bridgehead atoms. The zero-order valence-corrected chi connectivity index (χ0v) is 11.4. The summed E-state index contributed by atoms with van der Waals surface area (Å²) in [6, 6.07) is 4.03. The van der Waals surface area contributed by atoms with Crippen LogP contribution >= 0.6 is 34.8 Å². The predicted molar refractivity (Wildman–Crippen MR) is 74.2 cm³/mol. The molecule has 0 amide bonds. The molecule has 1 aromatic heterocycles. The number of halogens is 3. The van der Waals surface area contributed by atoms with Gasteiger partial charge in [-0.3, -0.25) is 14.9 Å². The number of rotatable bonds is 2. The Hall–Kier alpha value is -1.56. The van der Waals surface area contributed by atoms with Gasteiger partial charge in [0, 0.05) is 23.4 Å². The van der Waals surface area contributed by atoms with Gasteiger partial charge in [-0.25, -0.2) is 0 Å². The van der Waals surface area contributed by atoms with E-state index in [1.807, 2.05) is 0 Å². The van der Waals surface area contributed by atoms with Crippen molar-refractivity contribution in [3.8, 4) is 11.1 Å². The molecule has 0 spiro atoms. The predicted octanol–water partition coefficient (Wildman–Crippen LogP) is 3.91. The summed E-state index contributed by atoms with van der Waals surface area (Å²) in [5, 5.41) is 11.5. The van der Waals surface area contributed by atoms with E-state index in [0.717, 1.165) is 6.07 Å². The zero-order chi connectivity index (χ0) is 14.2. The van der Waals surface area contributed by atoms with Crippen molar-refractivity contribution in [2.45, 2.75) is 0 Å². The molecule has 0 atom stereocenters. The van der Waals surface area contributed by atoms with Crippen LogP contribution in [0, 0.1) is 10.1 Å². The lowest BCUT2D eigenvalue weighted by Crippen LogP contribution is -2.10. The molecule has 2 aromatic rings. The number of aromatic amines is 1. The summed E-state index contributed by atoms with van der Waals surface area (Å²) >= 11 is 17.7. The van der Waals surface area contributed by atoms with Crippen LogP contribution < -0.4 is 5.56 Å². The van der Waals surface area contributed by atoms with Crippen LogP contribution in [0.25, 0.3) is 11.1 Å². The molecular formula is C11H5Cl3N2O3. The molecule has 98 valence electrons. The van der Waals surface area contributed by atoms with E-state index < -0.39 is 16.2 Å². The molecule has 1 aromatic carbocycles. The van der Waals surface area contributed by atoms with Crippen LogP contribution in [0.2, 0.25) is 15.1 Å². The van der Waals surface area contributed by atoms with Crippen molar-refractivity contribution in [3.63, 3.8) is 0 Å². The number of nitrogens with zero attached hydrogens (tertiary/aromatic N) is 1. The minimum atomic E-state index is -0.787. The van der Waals surface area contributed by atoms with Crippen LogP contribution in [-0.4, -0.2) is 9.91 Å². The van der Waals surface area contributed by atoms with Gasteiger partial charge in [-0.05, 0) is 12.1 Å². The molecule has 1 heterocycles. The number of H-pyrrole nitrogens is 1. The van der Waals surface area contributed by atoms with E-state index in [1.54, 1.807) is 0 Å². The van der Waals surface area contributed by atoms with Gasteiger partial charge in [0.15, 0.2) is 0 Å². The number of nitro groups is 1. The zero-order valence-electron chi connectivity index (χ0n) is 9.12. The second-order valence-corrected chi connectivity index (χ2v) is 4.83. The first-order valence-corrected chi connectivity index (χ1v) is 6.05. The van der Waals surface area contributed by atoms with Crippen molar-refractivity contribution >= 4 is 40.5 Å². The van der Waals surface area contributed by atoms with Gasteiger partial charge in [-0.2, -0.15) is 0 Å². The third-order valence-electron chi connectivity index (χ3n) is 2.40. The monoisotopic (exact) mass is 318 g/mol. The van der Waals surface area contributed by atoms with Crippen molar-refractivity contribution in [1.29, 1.82) is 0 Å². The van der Waals surface area contributed by atoms with E-state index in [0.29, 0.717) is 11.1 Å². The van der Waals surface area contributed by atoms with Crippen molar-refractivity contribution in [2.24, 2.45) is 0 Å². The van der Waals surface area contributed by atoms with Crippen LogP contribution in [0.4, 0.5) is 5.69 Å². The summed E-state index contributed by atoms with van der Waals surface area (Å²) in [6.45, 7) is 0. The van der Waals surface area contributed by atoms with Gasteiger partial charge in [-0.15, -0.1) is 0 Å². The minimum Gasteiger partial charge on any atom is -0.323 e. The van der Waals surface area contributed by atoms with E-state index in [2.05, 4.69) is 4.98 Å². The Morgan fingerprint density at radius 1 is 1.05 bits per heavy atom. The molecule has 0 unspecified atom stereocenters. The third kappa shape index (κ3) is 2.73. The number of hydrogen-bond acceptors (Lipinski definition) is 3. The first-order valence-electron chi connectivity index (χ1n) is 4.92. The van der Waals surface area contributed by atoms with E-state index in [-0.39, 0.29) is 15.1 Å². The van der Waals surface area contributed by atoms with E-state index in [9.17, 15) is 14.9 Å². The van der Waals surface area contributed by atoms with Crippen LogP contribution in [0.3, 0.4) is 0 Å². The van der Waals surface area contributed by atoms with Crippen LogP contribution in [0.1, 0.15) is 0 Å². The molecular weight excluding hydrogens is 314 g/mol. The van der Waals surface area contributed by atoms with Crippen molar-refractivity contribution < 1.29 is 4.92 Å². The Morgan fingerprint density at radius 2 is 1.68 bits per heavy atom. The molecule has 0 saturated heterocycles. The fraction of sp³-hybridized carbons (Fsp3) is 0. The summed E-state index contributed by atoms with van der Waals surface area (Å²) in [4.78, 5) is 23.5. The number of aromatic nitrogens is 1. The number of nitrogens with one attached hydrogen (secondary N) is 1. The molecule has 0 aliphatic carbocycles. The van der Waals surface area contributed by atoms with Gasteiger partial charge in [0.05, 0.1) is 20.0 Å². The van der Waals surface area contributed by atoms with Crippen molar-refractivity contribution in [1.82, 2.24) is 4.98 Å². The van der Waals surface area contributed by atoms with Crippen molar-refractivity contribution in [2.75, 3.05) is 0 Å². The van der Waals surface area contributed by atoms with Gasteiger partial charge in [0.25, 0.3) is 0 Å². The maximum Gasteiger partial charge on any atom is 0.334 e. The lowest BCUT2D eigenvalue weighted by atomic mass is 10.1. The Balaban J connectivity index is 2.66. The Kier molecular flexibility index (Phi) is 3.80. The number of hydrogen-bond donors (Lipinski definition) is 1. The van der Waals surface area contributed by atoms with Crippen LogP contribution in [0.5, 0.6) is 0 Å². The molecule has 0 aliphatic heterocycles. The number of pyridine rings is 1. The van der Waals surface area contributed by atoms with E-state index in [1.165, 1.54) is 18.3 Å². The second kappa shape index (κ2) is 5.21.